The second-order valence-electron chi connectivity index (χ2n) is 5.34. The standard InChI is InChI=1S/C17H18BrFN2/c18-16-12-15(19)6-7-17(16)21-10-8-20(9-11-21)13-14-4-2-1-3-5-14/h1-7,12H,8-11,13H2. The lowest BCUT2D eigenvalue weighted by atomic mass is 10.2. The molecule has 1 heterocycles. The van der Waals surface area contributed by atoms with Crippen LogP contribution in [0, 0.1) is 5.82 Å². The molecule has 21 heavy (non-hydrogen) atoms. The molecule has 0 atom stereocenters. The highest BCUT2D eigenvalue weighted by Gasteiger charge is 2.18. The Hall–Kier alpha value is -1.39. The van der Waals surface area contributed by atoms with Gasteiger partial charge in [0.15, 0.2) is 0 Å². The molecule has 110 valence electrons. The number of piperazine rings is 1. The number of benzene rings is 2. The lowest BCUT2D eigenvalue weighted by Gasteiger charge is -2.36. The van der Waals surface area contributed by atoms with E-state index in [1.54, 1.807) is 0 Å². The van der Waals surface area contributed by atoms with Crippen molar-refractivity contribution in [3.8, 4) is 0 Å². The molecule has 1 fully saturated rings. The maximum atomic E-state index is 13.2. The zero-order chi connectivity index (χ0) is 14.7. The third-order valence-electron chi connectivity index (χ3n) is 3.87. The van der Waals surface area contributed by atoms with E-state index in [0.717, 1.165) is 42.9 Å². The van der Waals surface area contributed by atoms with E-state index in [4.69, 9.17) is 0 Å². The van der Waals surface area contributed by atoms with Gasteiger partial charge < -0.3 is 4.90 Å². The fourth-order valence-electron chi connectivity index (χ4n) is 2.73. The molecular weight excluding hydrogens is 331 g/mol. The molecule has 0 aliphatic carbocycles. The summed E-state index contributed by atoms with van der Waals surface area (Å²) in [7, 11) is 0. The summed E-state index contributed by atoms with van der Waals surface area (Å²) < 4.78 is 14.0. The molecule has 0 bridgehead atoms. The van der Waals surface area contributed by atoms with Gasteiger partial charge in [-0.3, -0.25) is 4.90 Å². The molecule has 1 aliphatic rings. The number of anilines is 1. The quantitative estimate of drug-likeness (QED) is 0.829. The minimum atomic E-state index is -0.201. The van der Waals surface area contributed by atoms with Gasteiger partial charge in [-0.15, -0.1) is 0 Å². The van der Waals surface area contributed by atoms with Crippen LogP contribution in [0.5, 0.6) is 0 Å². The van der Waals surface area contributed by atoms with Crippen LogP contribution in [-0.4, -0.2) is 31.1 Å². The molecular formula is C17H18BrFN2. The van der Waals surface area contributed by atoms with Crippen LogP contribution < -0.4 is 4.90 Å². The highest BCUT2D eigenvalue weighted by molar-refractivity contribution is 9.10. The van der Waals surface area contributed by atoms with Crippen molar-refractivity contribution in [3.05, 3.63) is 64.4 Å². The maximum Gasteiger partial charge on any atom is 0.124 e. The Labute approximate surface area is 133 Å². The van der Waals surface area contributed by atoms with Crippen molar-refractivity contribution in [1.82, 2.24) is 4.90 Å². The first kappa shape index (κ1) is 14.5. The van der Waals surface area contributed by atoms with Crippen LogP contribution in [0.3, 0.4) is 0 Å². The highest BCUT2D eigenvalue weighted by Crippen LogP contribution is 2.28. The van der Waals surface area contributed by atoms with Gasteiger partial charge in [0.05, 0.1) is 5.69 Å². The molecule has 0 unspecified atom stereocenters. The second kappa shape index (κ2) is 6.58. The molecule has 1 aliphatic heterocycles. The number of rotatable bonds is 3. The topological polar surface area (TPSA) is 6.48 Å². The summed E-state index contributed by atoms with van der Waals surface area (Å²) in [5.74, 6) is -0.201. The minimum Gasteiger partial charge on any atom is -0.368 e. The summed E-state index contributed by atoms with van der Waals surface area (Å²) in [5, 5.41) is 0. The average Bonchev–Trinajstić information content (AvgIpc) is 2.49. The summed E-state index contributed by atoms with van der Waals surface area (Å²) in [6.45, 7) is 4.99. The Kier molecular flexibility index (Phi) is 4.56. The number of hydrogen-bond acceptors (Lipinski definition) is 2. The summed E-state index contributed by atoms with van der Waals surface area (Å²) in [5.41, 5.74) is 2.43. The highest BCUT2D eigenvalue weighted by atomic mass is 79.9. The number of halogens is 2. The molecule has 0 spiro atoms. The van der Waals surface area contributed by atoms with Crippen molar-refractivity contribution in [2.75, 3.05) is 31.1 Å². The van der Waals surface area contributed by atoms with Crippen molar-refractivity contribution in [1.29, 1.82) is 0 Å². The predicted molar refractivity (Wildman–Crippen MR) is 88.0 cm³/mol. The first-order chi connectivity index (χ1) is 10.2. The Bertz CT molecular complexity index is 595. The van der Waals surface area contributed by atoms with Gasteiger partial charge in [0, 0.05) is 37.2 Å². The molecule has 2 aromatic carbocycles. The lowest BCUT2D eigenvalue weighted by Crippen LogP contribution is -2.46. The molecule has 0 aromatic heterocycles. The zero-order valence-electron chi connectivity index (χ0n) is 11.8. The van der Waals surface area contributed by atoms with Crippen LogP contribution in [0.25, 0.3) is 0 Å². The molecule has 1 saturated heterocycles. The Morgan fingerprint density at radius 2 is 1.67 bits per heavy atom. The van der Waals surface area contributed by atoms with Crippen LogP contribution in [0.15, 0.2) is 53.0 Å². The molecule has 0 radical (unpaired) electrons. The van der Waals surface area contributed by atoms with E-state index < -0.39 is 0 Å². The number of hydrogen-bond donors (Lipinski definition) is 0. The van der Waals surface area contributed by atoms with E-state index in [1.165, 1.54) is 17.7 Å². The summed E-state index contributed by atoms with van der Waals surface area (Å²) in [6, 6.07) is 15.5. The van der Waals surface area contributed by atoms with E-state index in [0.29, 0.717) is 0 Å². The van der Waals surface area contributed by atoms with E-state index >= 15 is 0 Å². The van der Waals surface area contributed by atoms with Crippen LogP contribution in [0.1, 0.15) is 5.56 Å². The van der Waals surface area contributed by atoms with E-state index in [1.807, 2.05) is 12.1 Å². The first-order valence-electron chi connectivity index (χ1n) is 7.18. The lowest BCUT2D eigenvalue weighted by molar-refractivity contribution is 0.250. The largest absolute Gasteiger partial charge is 0.368 e. The van der Waals surface area contributed by atoms with Gasteiger partial charge in [0.1, 0.15) is 5.82 Å². The fourth-order valence-corrected chi connectivity index (χ4v) is 3.33. The van der Waals surface area contributed by atoms with Gasteiger partial charge in [0.25, 0.3) is 0 Å². The summed E-state index contributed by atoms with van der Waals surface area (Å²) in [4.78, 5) is 4.77. The Balaban J connectivity index is 1.60. The van der Waals surface area contributed by atoms with Crippen molar-refractivity contribution in [2.45, 2.75) is 6.54 Å². The average molecular weight is 349 g/mol. The molecule has 3 rings (SSSR count). The normalized spacial score (nSPS) is 16.2. The second-order valence-corrected chi connectivity index (χ2v) is 6.20. The van der Waals surface area contributed by atoms with Gasteiger partial charge in [-0.25, -0.2) is 4.39 Å². The van der Waals surface area contributed by atoms with Crippen LogP contribution in [-0.2, 0) is 6.54 Å². The monoisotopic (exact) mass is 348 g/mol. The minimum absolute atomic E-state index is 0.201. The third kappa shape index (κ3) is 3.63. The van der Waals surface area contributed by atoms with Crippen molar-refractivity contribution in [2.24, 2.45) is 0 Å². The Morgan fingerprint density at radius 1 is 0.952 bits per heavy atom. The SMILES string of the molecule is Fc1ccc(N2CCN(Cc3ccccc3)CC2)c(Br)c1. The third-order valence-corrected chi connectivity index (χ3v) is 4.51. The molecule has 0 amide bonds. The summed E-state index contributed by atoms with van der Waals surface area (Å²) >= 11 is 3.46. The van der Waals surface area contributed by atoms with Crippen molar-refractivity contribution >= 4 is 21.6 Å². The number of nitrogens with zero attached hydrogens (tertiary/aromatic N) is 2. The van der Waals surface area contributed by atoms with Gasteiger partial charge in [-0.05, 0) is 39.7 Å². The molecule has 2 aromatic rings. The predicted octanol–water partition coefficient (Wildman–Crippen LogP) is 3.91. The van der Waals surface area contributed by atoms with Gasteiger partial charge >= 0.3 is 0 Å². The smallest absolute Gasteiger partial charge is 0.124 e. The zero-order valence-corrected chi connectivity index (χ0v) is 13.4. The van der Waals surface area contributed by atoms with Crippen LogP contribution in [0.2, 0.25) is 0 Å². The van der Waals surface area contributed by atoms with Gasteiger partial charge in [0.2, 0.25) is 0 Å². The molecule has 4 heteroatoms. The Morgan fingerprint density at radius 3 is 2.33 bits per heavy atom. The fraction of sp³-hybridized carbons (Fsp3) is 0.294. The molecule has 0 saturated carbocycles. The van der Waals surface area contributed by atoms with Crippen LogP contribution >= 0.6 is 15.9 Å². The van der Waals surface area contributed by atoms with Crippen LogP contribution in [0.4, 0.5) is 10.1 Å². The van der Waals surface area contributed by atoms with Crippen molar-refractivity contribution in [3.63, 3.8) is 0 Å². The van der Waals surface area contributed by atoms with E-state index in [9.17, 15) is 4.39 Å². The molecule has 2 nitrogen and oxygen atoms in total. The van der Waals surface area contributed by atoms with E-state index in [-0.39, 0.29) is 5.82 Å². The van der Waals surface area contributed by atoms with Gasteiger partial charge in [-0.1, -0.05) is 30.3 Å². The van der Waals surface area contributed by atoms with Gasteiger partial charge in [-0.2, -0.15) is 0 Å². The molecule has 0 N–H and O–H groups in total. The van der Waals surface area contributed by atoms with E-state index in [2.05, 4.69) is 50.0 Å². The van der Waals surface area contributed by atoms with Crippen molar-refractivity contribution < 1.29 is 4.39 Å². The maximum absolute atomic E-state index is 13.2. The summed E-state index contributed by atoms with van der Waals surface area (Å²) in [6.07, 6.45) is 0. The first-order valence-corrected chi connectivity index (χ1v) is 7.98.